The van der Waals surface area contributed by atoms with Gasteiger partial charge in [-0.25, -0.2) is 8.42 Å². The lowest BCUT2D eigenvalue weighted by Crippen LogP contribution is -2.28. The van der Waals surface area contributed by atoms with E-state index in [1.807, 2.05) is 13.8 Å². The predicted octanol–water partition coefficient (Wildman–Crippen LogP) is 3.05. The van der Waals surface area contributed by atoms with E-state index in [1.165, 1.54) is 0 Å². The lowest BCUT2D eigenvalue weighted by molar-refractivity contribution is -0.113. The van der Waals surface area contributed by atoms with Crippen molar-refractivity contribution in [3.05, 3.63) is 53.6 Å². The highest BCUT2D eigenvalue weighted by molar-refractivity contribution is 7.93. The van der Waals surface area contributed by atoms with Gasteiger partial charge in [0.1, 0.15) is 11.5 Å². The molecule has 0 radical (unpaired) electrons. The molecule has 3 rings (SSSR count). The van der Waals surface area contributed by atoms with Crippen LogP contribution in [0.5, 0.6) is 5.75 Å². The topological polar surface area (TPSA) is 114 Å². The Morgan fingerprint density at radius 2 is 1.77 bits per heavy atom. The molecule has 8 nitrogen and oxygen atoms in total. The van der Waals surface area contributed by atoms with Gasteiger partial charge < -0.3 is 15.4 Å². The van der Waals surface area contributed by atoms with Crippen molar-refractivity contribution < 1.29 is 22.7 Å². The van der Waals surface area contributed by atoms with Crippen molar-refractivity contribution in [2.45, 2.75) is 45.8 Å². The maximum Gasteiger partial charge on any atom is 0.251 e. The molecule has 1 aliphatic carbocycles. The first-order valence-corrected chi connectivity index (χ1v) is 11.7. The van der Waals surface area contributed by atoms with Crippen molar-refractivity contribution in [3.63, 3.8) is 0 Å². The Bertz CT molecular complexity index is 1060. The van der Waals surface area contributed by atoms with Crippen LogP contribution in [-0.2, 0) is 14.8 Å². The van der Waals surface area contributed by atoms with Crippen molar-refractivity contribution >= 4 is 33.2 Å². The Morgan fingerprint density at radius 1 is 1.10 bits per heavy atom. The fraction of sp³-hybridized carbons (Fsp3) is 0.364. The highest BCUT2D eigenvalue weighted by atomic mass is 32.2. The van der Waals surface area contributed by atoms with Crippen molar-refractivity contribution in [1.29, 1.82) is 0 Å². The maximum atomic E-state index is 12.4. The van der Waals surface area contributed by atoms with Crippen molar-refractivity contribution in [2.24, 2.45) is 0 Å². The van der Waals surface area contributed by atoms with Gasteiger partial charge in [0.05, 0.1) is 6.10 Å². The molecule has 2 amide bonds. The molecule has 166 valence electrons. The Morgan fingerprint density at radius 3 is 2.39 bits per heavy atom. The zero-order valence-corrected chi connectivity index (χ0v) is 18.6. The van der Waals surface area contributed by atoms with Crippen LogP contribution in [0.2, 0.25) is 0 Å². The van der Waals surface area contributed by atoms with Gasteiger partial charge in [-0.2, -0.15) is 0 Å². The van der Waals surface area contributed by atoms with Gasteiger partial charge in [-0.3, -0.25) is 14.3 Å². The van der Waals surface area contributed by atoms with E-state index in [9.17, 15) is 18.0 Å². The highest BCUT2D eigenvalue weighted by Crippen LogP contribution is 2.22. The summed E-state index contributed by atoms with van der Waals surface area (Å²) in [6.07, 6.45) is 1.95. The molecule has 1 aliphatic rings. The van der Waals surface area contributed by atoms with Crippen LogP contribution in [0, 0.1) is 6.92 Å². The van der Waals surface area contributed by atoms with Crippen LogP contribution < -0.4 is 20.1 Å². The third-order valence-electron chi connectivity index (χ3n) is 4.51. The van der Waals surface area contributed by atoms with E-state index in [1.54, 1.807) is 49.4 Å². The second kappa shape index (κ2) is 9.38. The number of sulfonamides is 1. The van der Waals surface area contributed by atoms with E-state index in [4.69, 9.17) is 4.74 Å². The molecule has 0 bridgehead atoms. The van der Waals surface area contributed by atoms with E-state index in [-0.39, 0.29) is 18.1 Å². The summed E-state index contributed by atoms with van der Waals surface area (Å²) < 4.78 is 32.7. The average molecular weight is 446 g/mol. The summed E-state index contributed by atoms with van der Waals surface area (Å²) >= 11 is 0. The number of hydrogen-bond acceptors (Lipinski definition) is 5. The Balaban J connectivity index is 1.60. The smallest absolute Gasteiger partial charge is 0.251 e. The number of amides is 2. The third kappa shape index (κ3) is 6.99. The fourth-order valence-electron chi connectivity index (χ4n) is 2.84. The lowest BCUT2D eigenvalue weighted by atomic mass is 10.1. The van der Waals surface area contributed by atoms with Gasteiger partial charge in [-0.05, 0) is 75.6 Å². The third-order valence-corrected chi connectivity index (χ3v) is 5.70. The Hall–Kier alpha value is -3.07. The highest BCUT2D eigenvalue weighted by Gasteiger charge is 2.24. The lowest BCUT2D eigenvalue weighted by Gasteiger charge is -2.13. The molecule has 1 saturated carbocycles. The number of anilines is 2. The normalized spacial score (nSPS) is 13.5. The summed E-state index contributed by atoms with van der Waals surface area (Å²) in [7, 11) is -3.92. The number of rotatable bonds is 9. The number of aryl methyl sites for hydroxylation is 1. The first-order valence-electron chi connectivity index (χ1n) is 10.1. The second-order valence-electron chi connectivity index (χ2n) is 7.88. The number of benzene rings is 2. The maximum absolute atomic E-state index is 12.4. The minimum absolute atomic E-state index is 0.00739. The van der Waals surface area contributed by atoms with Crippen LogP contribution >= 0.6 is 0 Å². The molecule has 0 aliphatic heterocycles. The van der Waals surface area contributed by atoms with Gasteiger partial charge in [0.2, 0.25) is 15.9 Å². The Labute approximate surface area is 182 Å². The number of carbonyl (C=O) groups excluding carboxylic acids is 2. The summed E-state index contributed by atoms with van der Waals surface area (Å²) in [4.78, 5) is 24.6. The molecule has 0 unspecified atom stereocenters. The minimum atomic E-state index is -3.92. The first-order chi connectivity index (χ1) is 14.6. The SMILES string of the molecule is Cc1ccc(C(=O)NC2CC2)cc1NC(=O)CS(=O)(=O)Nc1ccc(OC(C)C)cc1. The van der Waals surface area contributed by atoms with Gasteiger partial charge in [0.25, 0.3) is 5.91 Å². The van der Waals surface area contributed by atoms with E-state index >= 15 is 0 Å². The molecule has 0 saturated heterocycles. The second-order valence-corrected chi connectivity index (χ2v) is 9.60. The van der Waals surface area contributed by atoms with Gasteiger partial charge >= 0.3 is 0 Å². The summed E-state index contributed by atoms with van der Waals surface area (Å²) in [5.41, 5.74) is 1.87. The molecule has 9 heteroatoms. The molecule has 2 aromatic rings. The standard InChI is InChI=1S/C22H27N3O5S/c1-14(2)30-19-10-8-18(9-11-19)25-31(28,29)13-21(26)24-20-12-16(5-4-15(20)3)22(27)23-17-6-7-17/h4-5,8-12,14,17,25H,6-7,13H2,1-3H3,(H,23,27)(H,24,26). The van der Waals surface area contributed by atoms with Crippen molar-refractivity contribution in [2.75, 3.05) is 15.8 Å². The van der Waals surface area contributed by atoms with Gasteiger partial charge in [0.15, 0.2) is 0 Å². The predicted molar refractivity (Wildman–Crippen MR) is 120 cm³/mol. The van der Waals surface area contributed by atoms with Crippen LogP contribution in [0.25, 0.3) is 0 Å². The molecular formula is C22H27N3O5S. The van der Waals surface area contributed by atoms with E-state index in [2.05, 4.69) is 15.4 Å². The van der Waals surface area contributed by atoms with Crippen molar-refractivity contribution in [3.8, 4) is 5.75 Å². The number of nitrogens with one attached hydrogen (secondary N) is 3. The average Bonchev–Trinajstić information content (AvgIpc) is 3.48. The summed E-state index contributed by atoms with van der Waals surface area (Å²) in [5, 5.41) is 5.47. The van der Waals surface area contributed by atoms with Crippen LogP contribution in [0.1, 0.15) is 42.6 Å². The van der Waals surface area contributed by atoms with E-state index in [0.29, 0.717) is 22.7 Å². The molecule has 0 aromatic heterocycles. The van der Waals surface area contributed by atoms with Crippen LogP contribution in [0.4, 0.5) is 11.4 Å². The van der Waals surface area contributed by atoms with Crippen LogP contribution in [0.3, 0.4) is 0 Å². The van der Waals surface area contributed by atoms with Gasteiger partial charge in [-0.1, -0.05) is 6.07 Å². The first kappa shape index (κ1) is 22.6. The zero-order valence-electron chi connectivity index (χ0n) is 17.8. The Kier molecular flexibility index (Phi) is 6.84. The molecule has 0 spiro atoms. The monoisotopic (exact) mass is 445 g/mol. The molecule has 0 heterocycles. The van der Waals surface area contributed by atoms with Gasteiger partial charge in [0, 0.05) is 23.0 Å². The summed E-state index contributed by atoms with van der Waals surface area (Å²) in [6, 6.07) is 11.6. The van der Waals surface area contributed by atoms with E-state index < -0.39 is 21.7 Å². The molecule has 0 atom stereocenters. The number of carbonyl (C=O) groups is 2. The summed E-state index contributed by atoms with van der Waals surface area (Å²) in [5.74, 6) is -1.04. The van der Waals surface area contributed by atoms with Crippen molar-refractivity contribution in [1.82, 2.24) is 5.32 Å². The number of ether oxygens (including phenoxy) is 1. The van der Waals surface area contributed by atoms with Crippen LogP contribution in [-0.4, -0.2) is 38.1 Å². The molecular weight excluding hydrogens is 418 g/mol. The molecule has 31 heavy (non-hydrogen) atoms. The number of hydrogen-bond donors (Lipinski definition) is 3. The fourth-order valence-corrected chi connectivity index (χ4v) is 3.83. The van der Waals surface area contributed by atoms with E-state index in [0.717, 1.165) is 18.4 Å². The van der Waals surface area contributed by atoms with Gasteiger partial charge in [-0.15, -0.1) is 0 Å². The molecule has 2 aromatic carbocycles. The minimum Gasteiger partial charge on any atom is -0.491 e. The zero-order chi connectivity index (χ0) is 22.6. The van der Waals surface area contributed by atoms with Crippen LogP contribution in [0.15, 0.2) is 42.5 Å². The quantitative estimate of drug-likeness (QED) is 0.549. The summed E-state index contributed by atoms with van der Waals surface area (Å²) in [6.45, 7) is 5.56. The molecule has 1 fully saturated rings. The largest absolute Gasteiger partial charge is 0.491 e. The molecule has 3 N–H and O–H groups in total.